The van der Waals surface area contributed by atoms with Crippen molar-refractivity contribution in [1.82, 2.24) is 36.3 Å². The van der Waals surface area contributed by atoms with Crippen LogP contribution in [0.25, 0.3) is 16.8 Å². The van der Waals surface area contributed by atoms with Crippen LogP contribution in [0.4, 0.5) is 50.5 Å². The topological polar surface area (TPSA) is 225 Å². The fourth-order valence-corrected chi connectivity index (χ4v) is 9.41. The molecule has 0 aliphatic carbocycles. The molecule has 3 fully saturated rings. The molecule has 3 aliphatic rings. The Morgan fingerprint density at radius 1 is 0.831 bits per heavy atom. The van der Waals surface area contributed by atoms with E-state index >= 15 is 8.78 Å². The number of nitrogens with two attached hydrogens (primary N) is 1. The predicted octanol–water partition coefficient (Wildman–Crippen LogP) is 5.63. The molecule has 4 heterocycles. The van der Waals surface area contributed by atoms with Crippen LogP contribution < -0.4 is 32.0 Å². The van der Waals surface area contributed by atoms with Crippen molar-refractivity contribution in [2.24, 2.45) is 21.6 Å². The van der Waals surface area contributed by atoms with E-state index in [4.69, 9.17) is 15.5 Å². The number of allylic oxidation sites excluding steroid dienone is 1. The van der Waals surface area contributed by atoms with Gasteiger partial charge in [0.2, 0.25) is 5.91 Å². The van der Waals surface area contributed by atoms with Crippen molar-refractivity contribution in [2.45, 2.75) is 108 Å². The number of amides is 4. The summed E-state index contributed by atoms with van der Waals surface area (Å²) >= 11 is 0. The van der Waals surface area contributed by atoms with E-state index in [9.17, 15) is 50.6 Å². The SMILES string of the molecule is CN=CC=C(N)c1cc(F)c(CN(C[C@H](O)[C@H](Cc2ccc(-c3ccc(N4CC5CCC(C4)N5C4COC4)nc3)cc2)NC(=O)C(NC(=O)OC)C(C)(C)C(F)(F)F)NC(=O)[C@@H](NC(=O)OC)C(C)(C)C(F)(F)F)c(F)c1. The first-order valence-corrected chi connectivity index (χ1v) is 24.5. The number of fused-ring (bicyclic) bond motifs is 2. The lowest BCUT2D eigenvalue weighted by molar-refractivity contribution is -0.221. The fourth-order valence-electron chi connectivity index (χ4n) is 9.41. The number of pyridine rings is 1. The van der Waals surface area contributed by atoms with Crippen LogP contribution in [-0.4, -0.2) is 159 Å². The lowest BCUT2D eigenvalue weighted by Crippen LogP contribution is -2.63. The van der Waals surface area contributed by atoms with Crippen molar-refractivity contribution in [1.29, 1.82) is 0 Å². The Balaban J connectivity index is 1.33. The lowest BCUT2D eigenvalue weighted by Gasteiger charge is -2.48. The third kappa shape index (κ3) is 13.9. The number of alkyl halides is 6. The molecule has 7 N–H and O–H groups in total. The molecule has 3 aliphatic heterocycles. The quantitative estimate of drug-likeness (QED) is 0.0460. The minimum atomic E-state index is -5.19. The van der Waals surface area contributed by atoms with E-state index in [1.165, 1.54) is 19.3 Å². The van der Waals surface area contributed by atoms with Crippen LogP contribution in [0.5, 0.6) is 0 Å². The van der Waals surface area contributed by atoms with Crippen molar-refractivity contribution in [3.8, 4) is 11.1 Å². The number of nitrogens with one attached hydrogen (secondary N) is 4. The molecule has 3 unspecified atom stereocenters. The van der Waals surface area contributed by atoms with Gasteiger partial charge in [0.15, 0.2) is 0 Å². The van der Waals surface area contributed by atoms with E-state index in [0.717, 1.165) is 71.3 Å². The Labute approximate surface area is 439 Å². The lowest BCUT2D eigenvalue weighted by atomic mass is 9.82. The fraction of sp³-hybridized carbons (Fsp3) is 0.529. The number of halogens is 8. The van der Waals surface area contributed by atoms with Crippen LogP contribution in [-0.2, 0) is 36.8 Å². The summed E-state index contributed by atoms with van der Waals surface area (Å²) in [4.78, 5) is 66.2. The van der Waals surface area contributed by atoms with E-state index in [2.05, 4.69) is 35.0 Å². The highest BCUT2D eigenvalue weighted by Gasteiger charge is 2.57. The molecular formula is C51H64F8N10O8. The number of hydrazine groups is 1. The van der Waals surface area contributed by atoms with Crippen molar-refractivity contribution < 1.29 is 73.6 Å². The van der Waals surface area contributed by atoms with Crippen molar-refractivity contribution in [2.75, 3.05) is 59.0 Å². The Bertz CT molecular complexity index is 2600. The van der Waals surface area contributed by atoms with Gasteiger partial charge in [-0.1, -0.05) is 24.3 Å². The standard InChI is InChI=1S/C51H64F8N10O8/c1-48(2,50(54,55)56)42(64-46(73)75-6)44(71)63-39(18-28-8-10-29(11-9-28)30-12-15-41(62-21-30)67-22-32-13-14-33(23-67)69(32)34-26-77-27-34)40(70)25-68(24-35-36(52)19-31(20-37(35)53)38(60)16-17-61-5)66-45(72)43(65-47(74)76-7)49(3,4)51(57,58)59/h8-12,15-17,19-21,32-34,39-40,42-43,70H,13-14,18,22-27,60H2,1-7H3,(H,63,71)(H,64,73)(H,65,74)(H,66,72)/t32?,33?,39-,40-,42?,43+/m0/s1. The zero-order chi connectivity index (χ0) is 56.8. The molecule has 4 amide bonds. The molecule has 77 heavy (non-hydrogen) atoms. The van der Waals surface area contributed by atoms with E-state index in [-0.39, 0.29) is 11.3 Å². The molecular weight excluding hydrogens is 1030 g/mol. The minimum absolute atomic E-state index is 0.131. The zero-order valence-corrected chi connectivity index (χ0v) is 43.4. The highest BCUT2D eigenvalue weighted by atomic mass is 19.4. The van der Waals surface area contributed by atoms with Gasteiger partial charge in [-0.3, -0.25) is 24.9 Å². The molecule has 2 bridgehead atoms. The number of carbonyl (C=O) groups excluding carboxylic acids is 4. The Kier molecular flexibility index (Phi) is 18.9. The summed E-state index contributed by atoms with van der Waals surface area (Å²) in [6.45, 7) is 3.44. The van der Waals surface area contributed by atoms with Gasteiger partial charge in [0, 0.05) is 80.1 Å². The van der Waals surface area contributed by atoms with Gasteiger partial charge in [-0.05, 0) is 88.4 Å². The number of hydrogen-bond donors (Lipinski definition) is 6. The molecule has 3 saturated heterocycles. The number of aromatic nitrogens is 1. The van der Waals surface area contributed by atoms with Gasteiger partial charge in [0.25, 0.3) is 5.91 Å². The van der Waals surface area contributed by atoms with Gasteiger partial charge in [0.05, 0.1) is 56.5 Å². The summed E-state index contributed by atoms with van der Waals surface area (Å²) in [6.07, 6.45) is -9.35. The number of piperazine rings is 1. The van der Waals surface area contributed by atoms with Crippen LogP contribution in [0.1, 0.15) is 57.2 Å². The summed E-state index contributed by atoms with van der Waals surface area (Å²) in [5.41, 5.74) is 2.61. The maximum atomic E-state index is 16.0. The molecule has 3 aromatic rings. The summed E-state index contributed by atoms with van der Waals surface area (Å²) < 4.78 is 134. The number of anilines is 1. The van der Waals surface area contributed by atoms with E-state index in [1.807, 2.05) is 22.8 Å². The second kappa shape index (κ2) is 24.4. The first kappa shape index (κ1) is 59.6. The van der Waals surface area contributed by atoms with E-state index < -0.39 is 108 Å². The summed E-state index contributed by atoms with van der Waals surface area (Å²) in [5.74, 6) is -4.89. The van der Waals surface area contributed by atoms with Crippen LogP contribution in [0.2, 0.25) is 0 Å². The number of alkyl carbamates (subject to hydrolysis) is 2. The summed E-state index contributed by atoms with van der Waals surface area (Å²) in [7, 11) is 3.07. The number of aliphatic hydroxyl groups is 1. The molecule has 422 valence electrons. The number of ether oxygens (including phenoxy) is 3. The first-order chi connectivity index (χ1) is 36.1. The van der Waals surface area contributed by atoms with Gasteiger partial charge in [-0.25, -0.2) is 28.4 Å². The monoisotopic (exact) mass is 1100 g/mol. The Morgan fingerprint density at radius 3 is 1.83 bits per heavy atom. The van der Waals surface area contributed by atoms with Crippen molar-refractivity contribution in [3.05, 3.63) is 89.1 Å². The minimum Gasteiger partial charge on any atom is -0.453 e. The van der Waals surface area contributed by atoms with Gasteiger partial charge < -0.3 is 45.9 Å². The molecule has 0 spiro atoms. The van der Waals surface area contributed by atoms with Gasteiger partial charge in [-0.2, -0.15) is 26.3 Å². The third-order valence-corrected chi connectivity index (χ3v) is 14.4. The number of nitrogens with zero attached hydrogens (tertiary/aromatic N) is 5. The highest BCUT2D eigenvalue weighted by molar-refractivity contribution is 5.87. The normalized spacial score (nSPS) is 19.3. The van der Waals surface area contributed by atoms with E-state index in [1.54, 1.807) is 30.5 Å². The highest BCUT2D eigenvalue weighted by Crippen LogP contribution is 2.42. The number of benzene rings is 2. The third-order valence-electron chi connectivity index (χ3n) is 14.4. The molecule has 1 aromatic heterocycles. The maximum absolute atomic E-state index is 16.0. The number of rotatable bonds is 20. The molecule has 0 saturated carbocycles. The molecule has 2 aromatic carbocycles. The van der Waals surface area contributed by atoms with Crippen LogP contribution in [0.3, 0.4) is 0 Å². The second-order valence-corrected chi connectivity index (χ2v) is 20.3. The number of methoxy groups -OCH3 is 2. The average molecular weight is 1100 g/mol. The second-order valence-electron chi connectivity index (χ2n) is 20.3. The molecule has 26 heteroatoms. The average Bonchev–Trinajstić information content (AvgIpc) is 3.59. The smallest absolute Gasteiger partial charge is 0.407 e. The van der Waals surface area contributed by atoms with Crippen molar-refractivity contribution in [3.63, 3.8) is 0 Å². The zero-order valence-electron chi connectivity index (χ0n) is 43.4. The number of aliphatic hydroxyl groups excluding tert-OH is 1. The first-order valence-electron chi connectivity index (χ1n) is 24.5. The van der Waals surface area contributed by atoms with Crippen LogP contribution in [0, 0.1) is 22.5 Å². The number of carbonyl (C=O) groups is 4. The van der Waals surface area contributed by atoms with Gasteiger partial charge in [-0.15, -0.1) is 0 Å². The summed E-state index contributed by atoms with van der Waals surface area (Å²) in [6, 6.07) is 6.56. The maximum Gasteiger partial charge on any atom is 0.407 e. The predicted molar refractivity (Wildman–Crippen MR) is 267 cm³/mol. The molecule has 18 nitrogen and oxygen atoms in total. The molecule has 0 radical (unpaired) electrons. The van der Waals surface area contributed by atoms with Crippen LogP contribution >= 0.6 is 0 Å². The van der Waals surface area contributed by atoms with Crippen molar-refractivity contribution >= 4 is 41.7 Å². The number of hydrogen-bond acceptors (Lipinski definition) is 14. The number of aliphatic imine (C=N–C) groups is 1. The van der Waals surface area contributed by atoms with Crippen LogP contribution in [0.15, 0.2) is 65.8 Å². The van der Waals surface area contributed by atoms with Gasteiger partial charge in [0.1, 0.15) is 29.5 Å². The van der Waals surface area contributed by atoms with E-state index in [0.29, 0.717) is 67.5 Å². The largest absolute Gasteiger partial charge is 0.453 e. The molecule has 6 rings (SSSR count). The molecule has 6 atom stereocenters. The Morgan fingerprint density at radius 2 is 1.36 bits per heavy atom. The van der Waals surface area contributed by atoms with Gasteiger partial charge >= 0.3 is 24.5 Å². The Hall–Kier alpha value is -6.64. The summed E-state index contributed by atoms with van der Waals surface area (Å²) in [5, 5.41) is 18.7.